The van der Waals surface area contributed by atoms with Crippen molar-refractivity contribution in [3.63, 3.8) is 0 Å². The summed E-state index contributed by atoms with van der Waals surface area (Å²) in [6.45, 7) is 1.57. The molecule has 0 radical (unpaired) electrons. The number of aliphatic carboxylic acids is 1. The number of carboxylic acids is 1. The molecule has 11 nitrogen and oxygen atoms in total. The summed E-state index contributed by atoms with van der Waals surface area (Å²) < 4.78 is 36.5. The van der Waals surface area contributed by atoms with Crippen molar-refractivity contribution in [3.05, 3.63) is 95.6 Å². The Bertz CT molecular complexity index is 1880. The van der Waals surface area contributed by atoms with Crippen molar-refractivity contribution in [1.82, 2.24) is 30.1 Å². The number of hydrogen-bond acceptors (Lipinski definition) is 9. The topological polar surface area (TPSA) is 147 Å². The minimum Gasteiger partial charge on any atom is -0.475 e. The molecule has 0 spiro atoms. The van der Waals surface area contributed by atoms with Gasteiger partial charge in [0, 0.05) is 42.4 Å². The summed E-state index contributed by atoms with van der Waals surface area (Å²) in [7, 11) is 1.38. The molecule has 6 rings (SSSR count). The van der Waals surface area contributed by atoms with Gasteiger partial charge in [0.1, 0.15) is 11.4 Å². The molecule has 0 amide bonds. The second kappa shape index (κ2) is 12.6. The number of nitrogens with zero attached hydrogens (tertiary/aromatic N) is 6. The number of nitrogens with one attached hydrogen (secondary N) is 1. The molecule has 5 aromatic rings. The normalized spacial score (nSPS) is 12.8. The number of carboxylic acid groups (broad SMARTS) is 1. The van der Waals surface area contributed by atoms with Crippen LogP contribution < -0.4 is 4.90 Å². The molecule has 0 atom stereocenters. The van der Waals surface area contributed by atoms with E-state index in [1.54, 1.807) is 42.9 Å². The van der Waals surface area contributed by atoms with Crippen molar-refractivity contribution in [2.75, 3.05) is 25.1 Å². The van der Waals surface area contributed by atoms with Crippen LogP contribution in [0, 0.1) is 11.8 Å². The Morgan fingerprint density at radius 2 is 1.73 bits per heavy atom. The predicted octanol–water partition coefficient (Wildman–Crippen LogP) is 4.23. The Balaban J connectivity index is 0.000000493. The van der Waals surface area contributed by atoms with Gasteiger partial charge >= 0.3 is 18.1 Å². The maximum Gasteiger partial charge on any atom is 0.490 e. The highest BCUT2D eigenvalue weighted by atomic mass is 19.4. The molecule has 0 aliphatic carbocycles. The maximum atomic E-state index is 11.7. The van der Waals surface area contributed by atoms with Crippen molar-refractivity contribution in [2.24, 2.45) is 0 Å². The van der Waals surface area contributed by atoms with Crippen molar-refractivity contribution in [1.29, 1.82) is 0 Å². The largest absolute Gasteiger partial charge is 0.490 e. The predicted molar refractivity (Wildman–Crippen MR) is 152 cm³/mol. The van der Waals surface area contributed by atoms with Gasteiger partial charge in [-0.05, 0) is 53.9 Å². The zero-order valence-corrected chi connectivity index (χ0v) is 22.9. The molecule has 1 aliphatic rings. The number of halogens is 3. The summed E-state index contributed by atoms with van der Waals surface area (Å²) in [6, 6.07) is 17.0. The lowest BCUT2D eigenvalue weighted by atomic mass is 9.91. The third-order valence-electron chi connectivity index (χ3n) is 6.51. The fourth-order valence-corrected chi connectivity index (χ4v) is 4.20. The Labute approximate surface area is 247 Å². The van der Waals surface area contributed by atoms with E-state index in [4.69, 9.17) is 19.6 Å². The number of aromatic amines is 1. The van der Waals surface area contributed by atoms with Crippen LogP contribution in [0.5, 0.6) is 0 Å². The highest BCUT2D eigenvalue weighted by molar-refractivity contribution is 5.89. The van der Waals surface area contributed by atoms with Crippen LogP contribution in [-0.4, -0.2) is 73.6 Å². The third-order valence-corrected chi connectivity index (χ3v) is 6.51. The van der Waals surface area contributed by atoms with E-state index in [0.717, 1.165) is 29.6 Å². The summed E-state index contributed by atoms with van der Waals surface area (Å²) >= 11 is 0. The van der Waals surface area contributed by atoms with Gasteiger partial charge in [-0.25, -0.2) is 29.5 Å². The Kier molecular flexibility index (Phi) is 8.47. The standard InChI is InChI=1S/C28H21N7O2.C2HF3O2/c1-37-27(36)20-6-4-19(5-7-20)22-16-35(17-22)28-30-13-11-25(33-28)26-29-12-10-23(32-26)8-2-18-3-9-24-21(14-18)15-31-34-24;3-2(4,5)1(6)7/h3-7,9-15,22H,16-17H2,1H3,(H,31,34);(H,6,7). The number of fused-ring (bicyclic) bond motifs is 1. The fraction of sp³-hybridized carbons (Fsp3) is 0.167. The first-order valence-electron chi connectivity index (χ1n) is 13.0. The number of ether oxygens (including phenoxy) is 1. The lowest BCUT2D eigenvalue weighted by Gasteiger charge is -2.39. The number of esters is 1. The molecule has 3 aromatic heterocycles. The lowest BCUT2D eigenvalue weighted by molar-refractivity contribution is -0.192. The van der Waals surface area contributed by atoms with Gasteiger partial charge in [-0.15, -0.1) is 0 Å². The monoisotopic (exact) mass is 601 g/mol. The quantitative estimate of drug-likeness (QED) is 0.227. The van der Waals surface area contributed by atoms with Crippen LogP contribution in [0.15, 0.2) is 73.2 Å². The molecule has 14 heteroatoms. The second-order valence-corrected chi connectivity index (χ2v) is 9.45. The Hall–Kier alpha value is -5.84. The van der Waals surface area contributed by atoms with E-state index in [0.29, 0.717) is 34.6 Å². The van der Waals surface area contributed by atoms with Crippen LogP contribution in [0.2, 0.25) is 0 Å². The molecule has 2 N–H and O–H groups in total. The molecule has 222 valence electrons. The SMILES string of the molecule is COC(=O)c1ccc(C2CN(c3nccc(-c4nccc(C#Cc5ccc6[nH]ncc6c5)n4)n3)C2)cc1.O=C(O)C(F)(F)F. The average Bonchev–Trinajstić information content (AvgIpc) is 3.48. The lowest BCUT2D eigenvalue weighted by Crippen LogP contribution is -2.46. The van der Waals surface area contributed by atoms with Crippen LogP contribution in [0.1, 0.15) is 33.1 Å². The number of rotatable bonds is 4. The first-order valence-corrected chi connectivity index (χ1v) is 13.0. The molecule has 2 aromatic carbocycles. The zero-order valence-electron chi connectivity index (χ0n) is 22.9. The number of aromatic nitrogens is 6. The van der Waals surface area contributed by atoms with E-state index in [1.807, 2.05) is 30.3 Å². The Morgan fingerprint density at radius 1 is 1.00 bits per heavy atom. The summed E-state index contributed by atoms with van der Waals surface area (Å²) in [5.74, 6) is 4.65. The van der Waals surface area contributed by atoms with Crippen LogP contribution in [0.3, 0.4) is 0 Å². The van der Waals surface area contributed by atoms with Crippen LogP contribution >= 0.6 is 0 Å². The van der Waals surface area contributed by atoms with E-state index >= 15 is 0 Å². The van der Waals surface area contributed by atoms with Crippen molar-refractivity contribution in [2.45, 2.75) is 12.1 Å². The summed E-state index contributed by atoms with van der Waals surface area (Å²) in [5.41, 5.74) is 4.81. The van der Waals surface area contributed by atoms with Crippen LogP contribution in [0.25, 0.3) is 22.4 Å². The van der Waals surface area contributed by atoms with Gasteiger partial charge in [0.2, 0.25) is 5.95 Å². The number of hydrogen-bond donors (Lipinski definition) is 2. The summed E-state index contributed by atoms with van der Waals surface area (Å²) in [5, 5.41) is 15.1. The zero-order chi connectivity index (χ0) is 31.3. The molecule has 4 heterocycles. The maximum absolute atomic E-state index is 11.7. The first kappa shape index (κ1) is 29.6. The van der Waals surface area contributed by atoms with E-state index < -0.39 is 12.1 Å². The number of methoxy groups -OCH3 is 1. The fourth-order valence-electron chi connectivity index (χ4n) is 4.20. The van der Waals surface area contributed by atoms with Gasteiger partial charge in [0.15, 0.2) is 5.82 Å². The van der Waals surface area contributed by atoms with Gasteiger partial charge in [-0.1, -0.05) is 18.1 Å². The van der Waals surface area contributed by atoms with Gasteiger partial charge in [0.25, 0.3) is 0 Å². The Morgan fingerprint density at radius 3 is 2.43 bits per heavy atom. The van der Waals surface area contributed by atoms with E-state index in [2.05, 4.69) is 41.9 Å². The molecule has 0 bridgehead atoms. The number of alkyl halides is 3. The molecule has 1 aliphatic heterocycles. The molecule has 0 saturated carbocycles. The highest BCUT2D eigenvalue weighted by Crippen LogP contribution is 2.30. The first-order chi connectivity index (χ1) is 21.1. The van der Waals surface area contributed by atoms with Gasteiger partial charge in [-0.2, -0.15) is 18.3 Å². The average molecular weight is 602 g/mol. The summed E-state index contributed by atoms with van der Waals surface area (Å²) in [6.07, 6.45) is 0.0974. The smallest absolute Gasteiger partial charge is 0.475 e. The number of H-pyrrole nitrogens is 1. The molecular weight excluding hydrogens is 579 g/mol. The van der Waals surface area contributed by atoms with Crippen molar-refractivity contribution < 1.29 is 32.6 Å². The summed E-state index contributed by atoms with van der Waals surface area (Å²) in [4.78, 5) is 40.8. The highest BCUT2D eigenvalue weighted by Gasteiger charge is 2.38. The minimum absolute atomic E-state index is 0.333. The molecular formula is C30H22F3N7O4. The number of benzene rings is 2. The van der Waals surface area contributed by atoms with E-state index in [1.165, 1.54) is 12.7 Å². The van der Waals surface area contributed by atoms with Crippen LogP contribution in [0.4, 0.5) is 19.1 Å². The van der Waals surface area contributed by atoms with Crippen molar-refractivity contribution in [3.8, 4) is 23.4 Å². The van der Waals surface area contributed by atoms with Gasteiger partial charge < -0.3 is 14.7 Å². The number of anilines is 1. The number of carbonyl (C=O) groups excluding carboxylic acids is 1. The molecule has 44 heavy (non-hydrogen) atoms. The third kappa shape index (κ3) is 6.96. The van der Waals surface area contributed by atoms with Gasteiger partial charge in [0.05, 0.1) is 24.4 Å². The molecule has 0 unspecified atom stereocenters. The van der Waals surface area contributed by atoms with Crippen molar-refractivity contribution >= 4 is 28.8 Å². The number of carbonyl (C=O) groups is 2. The second-order valence-electron chi connectivity index (χ2n) is 9.45. The van der Waals surface area contributed by atoms with Gasteiger partial charge in [-0.3, -0.25) is 5.10 Å². The van der Waals surface area contributed by atoms with E-state index in [-0.39, 0.29) is 5.97 Å². The molecule has 1 fully saturated rings. The minimum atomic E-state index is -5.08. The van der Waals surface area contributed by atoms with E-state index in [9.17, 15) is 18.0 Å². The van der Waals surface area contributed by atoms with Crippen LogP contribution in [-0.2, 0) is 9.53 Å². The molecule has 1 saturated heterocycles.